The predicted molar refractivity (Wildman–Crippen MR) is 110 cm³/mol. The molecule has 156 valence electrons. The van der Waals surface area contributed by atoms with Gasteiger partial charge in [0.1, 0.15) is 12.1 Å². The van der Waals surface area contributed by atoms with E-state index in [1.807, 2.05) is 12.1 Å². The molecule has 0 aromatic heterocycles. The topological polar surface area (TPSA) is 122 Å². The number of aryl methyl sites for hydroxylation is 1. The number of benzene rings is 2. The second-order valence-electron chi connectivity index (χ2n) is 7.25. The minimum Gasteiger partial charge on any atom is -0.325 e. The molecule has 3 rings (SSSR count). The van der Waals surface area contributed by atoms with Crippen LogP contribution in [-0.4, -0.2) is 34.2 Å². The Bertz CT molecular complexity index is 1000. The summed E-state index contributed by atoms with van der Waals surface area (Å²) in [5.41, 5.74) is 0.291. The van der Waals surface area contributed by atoms with Crippen LogP contribution in [0.4, 0.5) is 16.2 Å². The van der Waals surface area contributed by atoms with Crippen LogP contribution in [0.15, 0.2) is 48.5 Å². The highest BCUT2D eigenvalue weighted by molar-refractivity contribution is 6.10. The van der Waals surface area contributed by atoms with Crippen molar-refractivity contribution in [3.8, 4) is 0 Å². The minimum atomic E-state index is -1.49. The van der Waals surface area contributed by atoms with Crippen molar-refractivity contribution in [2.75, 3.05) is 11.9 Å². The number of carbonyl (C=O) groups is 3. The molecule has 0 saturated carbocycles. The Hall–Kier alpha value is -3.75. The van der Waals surface area contributed by atoms with Crippen molar-refractivity contribution in [2.45, 2.75) is 32.2 Å². The number of rotatable bonds is 7. The van der Waals surface area contributed by atoms with Crippen LogP contribution in [0.5, 0.6) is 0 Å². The molecule has 0 aliphatic carbocycles. The van der Waals surface area contributed by atoms with Gasteiger partial charge in [-0.05, 0) is 36.6 Å². The molecule has 1 atom stereocenters. The molecule has 9 heteroatoms. The van der Waals surface area contributed by atoms with Crippen LogP contribution in [-0.2, 0) is 21.5 Å². The van der Waals surface area contributed by atoms with Gasteiger partial charge in [0.25, 0.3) is 11.6 Å². The molecule has 9 nitrogen and oxygen atoms in total. The van der Waals surface area contributed by atoms with Crippen molar-refractivity contribution in [1.82, 2.24) is 10.2 Å². The summed E-state index contributed by atoms with van der Waals surface area (Å²) < 4.78 is 0. The van der Waals surface area contributed by atoms with E-state index in [1.165, 1.54) is 31.2 Å². The van der Waals surface area contributed by atoms with Crippen LogP contribution in [0.25, 0.3) is 0 Å². The first-order valence-electron chi connectivity index (χ1n) is 9.52. The van der Waals surface area contributed by atoms with E-state index in [0.717, 1.165) is 23.3 Å². The van der Waals surface area contributed by atoms with Crippen molar-refractivity contribution in [3.05, 3.63) is 69.8 Å². The zero-order valence-corrected chi connectivity index (χ0v) is 16.7. The van der Waals surface area contributed by atoms with Crippen molar-refractivity contribution >= 4 is 29.2 Å². The Morgan fingerprint density at radius 3 is 2.53 bits per heavy atom. The summed E-state index contributed by atoms with van der Waals surface area (Å²) >= 11 is 0. The average Bonchev–Trinajstić information content (AvgIpc) is 2.94. The lowest BCUT2D eigenvalue weighted by atomic mass is 9.91. The Morgan fingerprint density at radius 1 is 1.20 bits per heavy atom. The minimum absolute atomic E-state index is 0.196. The number of nitro benzene ring substituents is 1. The summed E-state index contributed by atoms with van der Waals surface area (Å²) in [4.78, 5) is 48.9. The molecule has 1 aliphatic rings. The zero-order chi connectivity index (χ0) is 21.9. The van der Waals surface area contributed by atoms with Gasteiger partial charge in [-0.3, -0.25) is 24.6 Å². The summed E-state index contributed by atoms with van der Waals surface area (Å²) in [5, 5.41) is 16.2. The highest BCUT2D eigenvalue weighted by Crippen LogP contribution is 2.30. The number of non-ortho nitro benzene ring substituents is 1. The Morgan fingerprint density at radius 2 is 1.90 bits per heavy atom. The number of nitro groups is 1. The monoisotopic (exact) mass is 410 g/mol. The van der Waals surface area contributed by atoms with Crippen molar-refractivity contribution in [1.29, 1.82) is 0 Å². The van der Waals surface area contributed by atoms with Gasteiger partial charge in [-0.15, -0.1) is 0 Å². The first-order chi connectivity index (χ1) is 14.2. The molecular formula is C21H22N4O5. The number of carbonyl (C=O) groups excluding carboxylic acids is 3. The van der Waals surface area contributed by atoms with Gasteiger partial charge in [-0.2, -0.15) is 0 Å². The molecule has 2 N–H and O–H groups in total. The molecule has 1 unspecified atom stereocenters. The fourth-order valence-corrected chi connectivity index (χ4v) is 3.35. The number of urea groups is 1. The van der Waals surface area contributed by atoms with E-state index in [0.29, 0.717) is 5.69 Å². The van der Waals surface area contributed by atoms with Gasteiger partial charge >= 0.3 is 6.03 Å². The quantitative estimate of drug-likeness (QED) is 0.413. The van der Waals surface area contributed by atoms with E-state index in [9.17, 15) is 24.5 Å². The summed E-state index contributed by atoms with van der Waals surface area (Å²) in [6, 6.07) is 12.1. The molecule has 30 heavy (non-hydrogen) atoms. The Kier molecular flexibility index (Phi) is 5.81. The van der Waals surface area contributed by atoms with Crippen molar-refractivity contribution in [2.24, 2.45) is 0 Å². The molecule has 0 radical (unpaired) electrons. The molecule has 0 bridgehead atoms. The molecule has 1 heterocycles. The fourth-order valence-electron chi connectivity index (χ4n) is 3.35. The van der Waals surface area contributed by atoms with Gasteiger partial charge in [-0.1, -0.05) is 37.6 Å². The summed E-state index contributed by atoms with van der Waals surface area (Å²) in [5.74, 6) is -1.17. The lowest BCUT2D eigenvalue weighted by Crippen LogP contribution is -2.42. The molecule has 0 spiro atoms. The Labute approximate surface area is 173 Å². The number of imide groups is 1. The molecule has 1 saturated heterocycles. The molecule has 1 aliphatic heterocycles. The first-order valence-corrected chi connectivity index (χ1v) is 9.52. The molecular weight excluding hydrogens is 388 g/mol. The number of anilines is 1. The first kappa shape index (κ1) is 21.0. The highest BCUT2D eigenvalue weighted by atomic mass is 16.6. The highest BCUT2D eigenvalue weighted by Gasteiger charge is 2.49. The van der Waals surface area contributed by atoms with E-state index in [4.69, 9.17) is 0 Å². The SMILES string of the molecule is CCCc1ccc(NC(=O)CN2C(=O)NC(C)(c3cccc([N+](=O)[O-])c3)C2=O)cc1. The van der Waals surface area contributed by atoms with E-state index < -0.39 is 34.9 Å². The van der Waals surface area contributed by atoms with Gasteiger partial charge in [-0.25, -0.2) is 4.79 Å². The number of nitrogens with zero attached hydrogens (tertiary/aromatic N) is 2. The standard InChI is InChI=1S/C21H22N4O5/c1-3-5-14-8-10-16(11-9-14)22-18(26)13-24-19(27)21(2,23-20(24)28)15-6-4-7-17(12-15)25(29)30/h4,6-12H,3,5,13H2,1-2H3,(H,22,26)(H,23,28). The average molecular weight is 410 g/mol. The molecule has 2 aromatic rings. The molecule has 1 fully saturated rings. The van der Waals surface area contributed by atoms with E-state index in [2.05, 4.69) is 17.6 Å². The smallest absolute Gasteiger partial charge is 0.325 e. The van der Waals surface area contributed by atoms with Gasteiger partial charge in [0.05, 0.1) is 4.92 Å². The van der Waals surface area contributed by atoms with Crippen LogP contribution in [0.2, 0.25) is 0 Å². The van der Waals surface area contributed by atoms with Gasteiger partial charge in [0.15, 0.2) is 0 Å². The molecule has 2 aromatic carbocycles. The maximum atomic E-state index is 12.9. The number of hydrogen-bond acceptors (Lipinski definition) is 5. The van der Waals surface area contributed by atoms with Gasteiger partial charge in [0.2, 0.25) is 5.91 Å². The van der Waals surface area contributed by atoms with Gasteiger partial charge < -0.3 is 10.6 Å². The van der Waals surface area contributed by atoms with Crippen molar-refractivity contribution < 1.29 is 19.3 Å². The normalized spacial score (nSPS) is 18.3. The molecule has 4 amide bonds. The Balaban J connectivity index is 1.72. The third kappa shape index (κ3) is 4.14. The second-order valence-corrected chi connectivity index (χ2v) is 7.25. The van der Waals surface area contributed by atoms with Crippen LogP contribution < -0.4 is 10.6 Å². The predicted octanol–water partition coefficient (Wildman–Crippen LogP) is 2.95. The van der Waals surface area contributed by atoms with E-state index >= 15 is 0 Å². The summed E-state index contributed by atoms with van der Waals surface area (Å²) in [6.07, 6.45) is 1.95. The number of hydrogen-bond donors (Lipinski definition) is 2. The lowest BCUT2D eigenvalue weighted by Gasteiger charge is -2.22. The van der Waals surface area contributed by atoms with Crippen LogP contribution in [0, 0.1) is 10.1 Å². The number of amides is 4. The fraction of sp³-hybridized carbons (Fsp3) is 0.286. The lowest BCUT2D eigenvalue weighted by molar-refractivity contribution is -0.385. The third-order valence-corrected chi connectivity index (χ3v) is 4.99. The van der Waals surface area contributed by atoms with Crippen LogP contribution in [0.3, 0.4) is 0 Å². The van der Waals surface area contributed by atoms with Crippen molar-refractivity contribution in [3.63, 3.8) is 0 Å². The largest absolute Gasteiger partial charge is 0.325 e. The second kappa shape index (κ2) is 8.32. The van der Waals surface area contributed by atoms with Gasteiger partial charge in [0, 0.05) is 17.8 Å². The summed E-state index contributed by atoms with van der Waals surface area (Å²) in [6.45, 7) is 3.07. The maximum Gasteiger partial charge on any atom is 0.325 e. The zero-order valence-electron chi connectivity index (χ0n) is 16.7. The third-order valence-electron chi connectivity index (χ3n) is 4.99. The maximum absolute atomic E-state index is 12.9. The number of nitrogens with one attached hydrogen (secondary N) is 2. The van der Waals surface area contributed by atoms with Crippen LogP contribution in [0.1, 0.15) is 31.4 Å². The van der Waals surface area contributed by atoms with E-state index in [1.54, 1.807) is 12.1 Å². The summed E-state index contributed by atoms with van der Waals surface area (Å²) in [7, 11) is 0. The van der Waals surface area contributed by atoms with Crippen LogP contribution >= 0.6 is 0 Å². The van der Waals surface area contributed by atoms with E-state index in [-0.39, 0.29) is 11.3 Å².